The van der Waals surface area contributed by atoms with E-state index in [4.69, 9.17) is 0 Å². The van der Waals surface area contributed by atoms with Gasteiger partial charge in [-0.1, -0.05) is 108 Å². The Hall–Kier alpha value is -1.56. The van der Waals surface area contributed by atoms with E-state index >= 15 is 0 Å². The molecule has 0 bridgehead atoms. The molecule has 2 aromatic rings. The molecule has 0 heterocycles. The monoisotopic (exact) mass is 376 g/mol. The van der Waals surface area contributed by atoms with Crippen molar-refractivity contribution in [1.29, 1.82) is 0 Å². The van der Waals surface area contributed by atoms with Gasteiger partial charge < -0.3 is 0 Å². The Morgan fingerprint density at radius 2 is 1.43 bits per heavy atom. The van der Waals surface area contributed by atoms with Crippen molar-refractivity contribution in [3.8, 4) is 11.1 Å². The van der Waals surface area contributed by atoms with Gasteiger partial charge in [-0.3, -0.25) is 0 Å². The lowest BCUT2D eigenvalue weighted by molar-refractivity contribution is 0.406. The molecule has 0 aromatic heterocycles. The Labute approximate surface area is 173 Å². The van der Waals surface area contributed by atoms with Gasteiger partial charge in [0.15, 0.2) is 0 Å². The Morgan fingerprint density at radius 3 is 2.18 bits per heavy atom. The van der Waals surface area contributed by atoms with E-state index < -0.39 is 0 Å². The van der Waals surface area contributed by atoms with E-state index in [-0.39, 0.29) is 0 Å². The van der Waals surface area contributed by atoms with Crippen molar-refractivity contribution in [2.45, 2.75) is 97.3 Å². The van der Waals surface area contributed by atoms with E-state index in [1.165, 1.54) is 100 Å². The third kappa shape index (κ3) is 6.23. The van der Waals surface area contributed by atoms with E-state index in [2.05, 4.69) is 56.3 Å². The van der Waals surface area contributed by atoms with Gasteiger partial charge >= 0.3 is 0 Å². The molecular weight excluding hydrogens is 336 g/mol. The number of hydrogen-bond donors (Lipinski definition) is 0. The number of benzene rings is 2. The maximum atomic E-state index is 2.47. The average molecular weight is 377 g/mol. The van der Waals surface area contributed by atoms with Crippen molar-refractivity contribution in [3.63, 3.8) is 0 Å². The fourth-order valence-electron chi connectivity index (χ4n) is 4.74. The van der Waals surface area contributed by atoms with Gasteiger partial charge in [-0.15, -0.1) is 0 Å². The number of rotatable bonds is 11. The highest BCUT2D eigenvalue weighted by Crippen LogP contribution is 2.32. The zero-order chi connectivity index (χ0) is 19.6. The van der Waals surface area contributed by atoms with Crippen molar-refractivity contribution >= 4 is 0 Å². The van der Waals surface area contributed by atoms with Crippen LogP contribution in [-0.4, -0.2) is 0 Å². The molecule has 2 aromatic carbocycles. The lowest BCUT2D eigenvalue weighted by Crippen LogP contribution is -2.14. The number of hydrogen-bond acceptors (Lipinski definition) is 0. The second kappa shape index (κ2) is 11.4. The molecule has 1 unspecified atom stereocenters. The summed E-state index contributed by atoms with van der Waals surface area (Å²) in [6.07, 6.45) is 17.6. The molecule has 0 heteroatoms. The molecule has 1 aliphatic carbocycles. The Kier molecular flexibility index (Phi) is 8.65. The lowest BCUT2D eigenvalue weighted by atomic mass is 9.80. The van der Waals surface area contributed by atoms with Crippen LogP contribution in [-0.2, 0) is 19.3 Å². The smallest absolute Gasteiger partial charge is 0.0181 e. The van der Waals surface area contributed by atoms with E-state index in [0.29, 0.717) is 0 Å². The van der Waals surface area contributed by atoms with Gasteiger partial charge in [0.05, 0.1) is 0 Å². The molecular formula is C28H40. The molecule has 3 rings (SSSR count). The molecule has 0 fully saturated rings. The van der Waals surface area contributed by atoms with Crippen LogP contribution in [0.5, 0.6) is 0 Å². The highest BCUT2D eigenvalue weighted by Gasteiger charge is 2.18. The van der Waals surface area contributed by atoms with Gasteiger partial charge in [0.2, 0.25) is 0 Å². The standard InChI is InChI=1S/C28H40/c1-3-5-7-9-11-23-13-16-25(17-14-23)27-20-19-26-21-24(12-10-8-6-4-2)15-18-28(26)22-27/h13-14,16-17,19-20,22,24H,3-12,15,18,21H2,1-2H3. The van der Waals surface area contributed by atoms with Crippen molar-refractivity contribution in [2.75, 3.05) is 0 Å². The molecule has 0 saturated heterocycles. The first-order valence-electron chi connectivity index (χ1n) is 12.0. The van der Waals surface area contributed by atoms with Crippen LogP contribution in [0.15, 0.2) is 42.5 Å². The number of unbranched alkanes of at least 4 members (excludes halogenated alkanes) is 6. The summed E-state index contributed by atoms with van der Waals surface area (Å²) in [6, 6.07) is 16.6. The molecule has 1 aliphatic rings. The normalized spacial score (nSPS) is 16.1. The first-order chi connectivity index (χ1) is 13.8. The van der Waals surface area contributed by atoms with Gasteiger partial charge in [0, 0.05) is 0 Å². The Balaban J connectivity index is 1.55. The summed E-state index contributed by atoms with van der Waals surface area (Å²) in [5.74, 6) is 0.919. The fraction of sp³-hybridized carbons (Fsp3) is 0.571. The van der Waals surface area contributed by atoms with E-state index in [1.54, 1.807) is 11.1 Å². The molecule has 0 saturated carbocycles. The second-order valence-electron chi connectivity index (χ2n) is 8.95. The van der Waals surface area contributed by atoms with Crippen molar-refractivity contribution in [1.82, 2.24) is 0 Å². The zero-order valence-corrected chi connectivity index (χ0v) is 18.3. The average Bonchev–Trinajstić information content (AvgIpc) is 2.74. The van der Waals surface area contributed by atoms with Crippen LogP contribution in [0.1, 0.15) is 94.7 Å². The second-order valence-corrected chi connectivity index (χ2v) is 8.95. The third-order valence-corrected chi connectivity index (χ3v) is 6.61. The molecule has 1 atom stereocenters. The van der Waals surface area contributed by atoms with Crippen LogP contribution < -0.4 is 0 Å². The van der Waals surface area contributed by atoms with E-state index in [9.17, 15) is 0 Å². The molecule has 28 heavy (non-hydrogen) atoms. The summed E-state index contributed by atoms with van der Waals surface area (Å²) >= 11 is 0. The molecule has 0 nitrogen and oxygen atoms in total. The Morgan fingerprint density at radius 1 is 0.714 bits per heavy atom. The first kappa shape index (κ1) is 21.2. The van der Waals surface area contributed by atoms with Gasteiger partial charge in [-0.2, -0.15) is 0 Å². The third-order valence-electron chi connectivity index (χ3n) is 6.61. The largest absolute Gasteiger partial charge is 0.0654 e. The fourth-order valence-corrected chi connectivity index (χ4v) is 4.74. The topological polar surface area (TPSA) is 0 Å². The zero-order valence-electron chi connectivity index (χ0n) is 18.3. The van der Waals surface area contributed by atoms with Crippen LogP contribution in [0, 0.1) is 5.92 Å². The van der Waals surface area contributed by atoms with Gasteiger partial charge in [0.1, 0.15) is 0 Å². The van der Waals surface area contributed by atoms with Crippen molar-refractivity contribution in [2.24, 2.45) is 5.92 Å². The maximum Gasteiger partial charge on any atom is -0.0181 e. The van der Waals surface area contributed by atoms with Crippen molar-refractivity contribution in [3.05, 3.63) is 59.2 Å². The molecule has 152 valence electrons. The van der Waals surface area contributed by atoms with Crippen LogP contribution in [0.4, 0.5) is 0 Å². The SMILES string of the molecule is CCCCCCc1ccc(-c2ccc3c(c2)CCC(CCCCCC)C3)cc1. The predicted molar refractivity (Wildman–Crippen MR) is 124 cm³/mol. The summed E-state index contributed by atoms with van der Waals surface area (Å²) < 4.78 is 0. The minimum absolute atomic E-state index is 0.919. The minimum atomic E-state index is 0.919. The van der Waals surface area contributed by atoms with Crippen LogP contribution in [0.2, 0.25) is 0 Å². The van der Waals surface area contributed by atoms with Crippen molar-refractivity contribution < 1.29 is 0 Å². The van der Waals surface area contributed by atoms with Crippen LogP contribution in [0.3, 0.4) is 0 Å². The van der Waals surface area contributed by atoms with E-state index in [0.717, 1.165) is 5.92 Å². The molecule has 0 N–H and O–H groups in total. The quantitative estimate of drug-likeness (QED) is 0.345. The summed E-state index contributed by atoms with van der Waals surface area (Å²) in [6.45, 7) is 4.58. The predicted octanol–water partition coefficient (Wildman–Crippen LogP) is 8.55. The summed E-state index contributed by atoms with van der Waals surface area (Å²) in [4.78, 5) is 0. The summed E-state index contributed by atoms with van der Waals surface area (Å²) in [7, 11) is 0. The number of aryl methyl sites for hydroxylation is 2. The minimum Gasteiger partial charge on any atom is -0.0654 e. The summed E-state index contributed by atoms with van der Waals surface area (Å²) in [5, 5.41) is 0. The first-order valence-corrected chi connectivity index (χ1v) is 12.0. The van der Waals surface area contributed by atoms with Gasteiger partial charge in [0.25, 0.3) is 0 Å². The van der Waals surface area contributed by atoms with Gasteiger partial charge in [-0.25, -0.2) is 0 Å². The molecule has 0 amide bonds. The number of fused-ring (bicyclic) bond motifs is 1. The lowest BCUT2D eigenvalue weighted by Gasteiger charge is -2.25. The molecule has 0 spiro atoms. The maximum absolute atomic E-state index is 2.47. The van der Waals surface area contributed by atoms with Crippen LogP contribution >= 0.6 is 0 Å². The highest BCUT2D eigenvalue weighted by molar-refractivity contribution is 5.65. The van der Waals surface area contributed by atoms with Gasteiger partial charge in [-0.05, 0) is 65.8 Å². The highest BCUT2D eigenvalue weighted by atomic mass is 14.2. The molecule has 0 radical (unpaired) electrons. The Bertz CT molecular complexity index is 694. The van der Waals surface area contributed by atoms with E-state index in [1.807, 2.05) is 0 Å². The molecule has 0 aliphatic heterocycles. The van der Waals surface area contributed by atoms with Crippen LogP contribution in [0.25, 0.3) is 11.1 Å². The summed E-state index contributed by atoms with van der Waals surface area (Å²) in [5.41, 5.74) is 7.48.